The second-order valence-electron chi connectivity index (χ2n) is 5.48. The Morgan fingerprint density at radius 3 is 2.67 bits per heavy atom. The monoisotopic (exact) mass is 338 g/mol. The minimum absolute atomic E-state index is 0.182. The maximum absolute atomic E-state index is 12.3. The van der Waals surface area contributed by atoms with Crippen LogP contribution in [0.2, 0.25) is 0 Å². The zero-order valence-electron chi connectivity index (χ0n) is 13.5. The summed E-state index contributed by atoms with van der Waals surface area (Å²) in [4.78, 5) is 16.5. The van der Waals surface area contributed by atoms with Gasteiger partial charge in [0.25, 0.3) is 5.91 Å². The van der Waals surface area contributed by atoms with Gasteiger partial charge in [0.05, 0.1) is 0 Å². The molecule has 122 valence electrons. The maximum atomic E-state index is 12.3. The Bertz CT molecular complexity index is 814. The summed E-state index contributed by atoms with van der Waals surface area (Å²) in [7, 11) is 0. The number of carbonyl (C=O) groups is 1. The van der Waals surface area contributed by atoms with Crippen LogP contribution in [0.4, 0.5) is 5.69 Å². The molecule has 0 aliphatic carbocycles. The number of nitrogens with zero attached hydrogens (tertiary/aromatic N) is 1. The third kappa shape index (κ3) is 4.00. The molecule has 0 spiro atoms. The van der Waals surface area contributed by atoms with Crippen molar-refractivity contribution in [2.45, 2.75) is 20.0 Å². The number of anilines is 1. The maximum Gasteiger partial charge on any atom is 0.265 e. The molecule has 1 aromatic heterocycles. The fraction of sp³-hybridized carbons (Fsp3) is 0.158. The number of aryl methyl sites for hydroxylation is 1. The third-order valence-electron chi connectivity index (χ3n) is 3.50. The summed E-state index contributed by atoms with van der Waals surface area (Å²) in [6, 6.07) is 15.3. The van der Waals surface area contributed by atoms with Crippen LogP contribution >= 0.6 is 11.3 Å². The molecule has 1 heterocycles. The highest BCUT2D eigenvalue weighted by molar-refractivity contribution is 7.13. The molecule has 0 saturated heterocycles. The molecule has 1 N–H and O–H groups in total. The Morgan fingerprint density at radius 1 is 1.21 bits per heavy atom. The minimum Gasteiger partial charge on any atom is -0.481 e. The molecule has 4 nitrogen and oxygen atoms in total. The van der Waals surface area contributed by atoms with Gasteiger partial charge in [0, 0.05) is 22.8 Å². The van der Waals surface area contributed by atoms with Gasteiger partial charge in [0.1, 0.15) is 10.8 Å². The number of rotatable bonds is 5. The molecule has 0 radical (unpaired) electrons. The molecule has 0 aliphatic heterocycles. The van der Waals surface area contributed by atoms with Crippen LogP contribution in [0.15, 0.2) is 60.1 Å². The van der Waals surface area contributed by atoms with Gasteiger partial charge in [-0.05, 0) is 55.8 Å². The van der Waals surface area contributed by atoms with E-state index in [9.17, 15) is 4.79 Å². The molecule has 1 atom stereocenters. The molecule has 24 heavy (non-hydrogen) atoms. The first kappa shape index (κ1) is 16.2. The zero-order valence-corrected chi connectivity index (χ0v) is 14.3. The van der Waals surface area contributed by atoms with E-state index in [0.29, 0.717) is 5.75 Å². The van der Waals surface area contributed by atoms with Crippen molar-refractivity contribution in [2.75, 3.05) is 5.32 Å². The van der Waals surface area contributed by atoms with E-state index in [1.54, 1.807) is 24.5 Å². The summed E-state index contributed by atoms with van der Waals surface area (Å²) in [6.07, 6.45) is 1.20. The molecule has 5 heteroatoms. The number of hydrogen-bond acceptors (Lipinski definition) is 4. The van der Waals surface area contributed by atoms with E-state index in [1.165, 1.54) is 0 Å². The van der Waals surface area contributed by atoms with Gasteiger partial charge in [-0.25, -0.2) is 4.98 Å². The van der Waals surface area contributed by atoms with Crippen LogP contribution in [-0.4, -0.2) is 17.0 Å². The van der Waals surface area contributed by atoms with Crippen LogP contribution in [0.5, 0.6) is 5.75 Å². The Hall–Kier alpha value is -2.66. The Labute approximate surface area is 145 Å². The number of ether oxygens (including phenoxy) is 1. The van der Waals surface area contributed by atoms with Crippen molar-refractivity contribution in [1.82, 2.24) is 4.98 Å². The van der Waals surface area contributed by atoms with Gasteiger partial charge in [-0.2, -0.15) is 0 Å². The van der Waals surface area contributed by atoms with Gasteiger partial charge < -0.3 is 10.1 Å². The molecule has 1 unspecified atom stereocenters. The topological polar surface area (TPSA) is 51.2 Å². The summed E-state index contributed by atoms with van der Waals surface area (Å²) < 4.78 is 5.69. The van der Waals surface area contributed by atoms with Gasteiger partial charge in [-0.1, -0.05) is 12.1 Å². The van der Waals surface area contributed by atoms with E-state index in [0.717, 1.165) is 21.8 Å². The number of thiazole rings is 1. The van der Waals surface area contributed by atoms with Crippen molar-refractivity contribution in [3.63, 3.8) is 0 Å². The van der Waals surface area contributed by atoms with Gasteiger partial charge >= 0.3 is 0 Å². The number of hydrogen-bond donors (Lipinski definition) is 1. The third-order valence-corrected chi connectivity index (χ3v) is 4.33. The molecule has 3 aromatic rings. The van der Waals surface area contributed by atoms with E-state index in [1.807, 2.05) is 60.8 Å². The van der Waals surface area contributed by atoms with E-state index >= 15 is 0 Å². The van der Waals surface area contributed by atoms with Crippen molar-refractivity contribution in [3.05, 3.63) is 65.7 Å². The summed E-state index contributed by atoms with van der Waals surface area (Å²) in [6.45, 7) is 3.73. The first-order valence-electron chi connectivity index (χ1n) is 7.66. The quantitative estimate of drug-likeness (QED) is 0.744. The average molecular weight is 338 g/mol. The van der Waals surface area contributed by atoms with Crippen molar-refractivity contribution in [1.29, 1.82) is 0 Å². The SMILES string of the molecule is Cc1cccc(OC(C)C(=O)Nc2ccc(-c3nccs3)cc2)c1. The summed E-state index contributed by atoms with van der Waals surface area (Å²) >= 11 is 1.58. The van der Waals surface area contributed by atoms with Crippen LogP contribution in [0.25, 0.3) is 10.6 Å². The summed E-state index contributed by atoms with van der Waals surface area (Å²) in [5, 5.41) is 5.77. The second kappa shape index (κ2) is 7.27. The molecule has 3 rings (SSSR count). The van der Waals surface area contributed by atoms with Crippen LogP contribution in [0.3, 0.4) is 0 Å². The number of aromatic nitrogens is 1. The first-order chi connectivity index (χ1) is 11.6. The van der Waals surface area contributed by atoms with Crippen molar-refractivity contribution in [3.8, 4) is 16.3 Å². The lowest BCUT2D eigenvalue weighted by atomic mass is 10.2. The van der Waals surface area contributed by atoms with Crippen molar-refractivity contribution < 1.29 is 9.53 Å². The van der Waals surface area contributed by atoms with Crippen LogP contribution < -0.4 is 10.1 Å². The number of benzene rings is 2. The lowest BCUT2D eigenvalue weighted by Gasteiger charge is -2.15. The highest BCUT2D eigenvalue weighted by Crippen LogP contribution is 2.23. The molecule has 0 aliphatic rings. The first-order valence-corrected chi connectivity index (χ1v) is 8.54. The lowest BCUT2D eigenvalue weighted by molar-refractivity contribution is -0.122. The summed E-state index contributed by atoms with van der Waals surface area (Å²) in [5.41, 5.74) is 2.87. The van der Waals surface area contributed by atoms with Crippen LogP contribution in [-0.2, 0) is 4.79 Å². The summed E-state index contributed by atoms with van der Waals surface area (Å²) in [5.74, 6) is 0.510. The molecule has 2 aromatic carbocycles. The molecular formula is C19H18N2O2S. The Morgan fingerprint density at radius 2 is 2.00 bits per heavy atom. The highest BCUT2D eigenvalue weighted by Gasteiger charge is 2.15. The minimum atomic E-state index is -0.578. The van der Waals surface area contributed by atoms with Crippen LogP contribution in [0, 0.1) is 6.92 Å². The molecule has 0 saturated carbocycles. The van der Waals surface area contributed by atoms with Gasteiger partial charge in [0.15, 0.2) is 6.10 Å². The van der Waals surface area contributed by atoms with Crippen LogP contribution in [0.1, 0.15) is 12.5 Å². The fourth-order valence-corrected chi connectivity index (χ4v) is 2.90. The van der Waals surface area contributed by atoms with E-state index in [4.69, 9.17) is 4.74 Å². The largest absolute Gasteiger partial charge is 0.481 e. The predicted octanol–water partition coefficient (Wildman–Crippen LogP) is 4.52. The van der Waals surface area contributed by atoms with Crippen molar-refractivity contribution >= 4 is 22.9 Å². The van der Waals surface area contributed by atoms with Crippen molar-refractivity contribution in [2.24, 2.45) is 0 Å². The normalized spacial score (nSPS) is 11.8. The van der Waals surface area contributed by atoms with Gasteiger partial charge in [0.2, 0.25) is 0 Å². The zero-order chi connectivity index (χ0) is 16.9. The predicted molar refractivity (Wildman–Crippen MR) is 97.4 cm³/mol. The number of nitrogens with one attached hydrogen (secondary N) is 1. The average Bonchev–Trinajstić information content (AvgIpc) is 3.10. The lowest BCUT2D eigenvalue weighted by Crippen LogP contribution is -2.30. The molecular weight excluding hydrogens is 320 g/mol. The highest BCUT2D eigenvalue weighted by atomic mass is 32.1. The van der Waals surface area contributed by atoms with E-state index < -0.39 is 6.10 Å². The second-order valence-corrected chi connectivity index (χ2v) is 6.38. The molecule has 0 bridgehead atoms. The number of carbonyl (C=O) groups excluding carboxylic acids is 1. The fourth-order valence-electron chi connectivity index (χ4n) is 2.25. The molecule has 1 amide bonds. The Balaban J connectivity index is 1.61. The van der Waals surface area contributed by atoms with E-state index in [2.05, 4.69) is 10.3 Å². The van der Waals surface area contributed by atoms with E-state index in [-0.39, 0.29) is 5.91 Å². The van der Waals surface area contributed by atoms with Gasteiger partial charge in [-0.3, -0.25) is 4.79 Å². The molecule has 0 fully saturated rings. The Kier molecular flexibility index (Phi) is 4.91. The smallest absolute Gasteiger partial charge is 0.265 e. The van der Waals surface area contributed by atoms with Gasteiger partial charge in [-0.15, -0.1) is 11.3 Å². The standard InChI is InChI=1S/C19H18N2O2S/c1-13-4-3-5-17(12-13)23-14(2)18(22)21-16-8-6-15(7-9-16)19-20-10-11-24-19/h3-12,14H,1-2H3,(H,21,22). The number of amides is 1.